The van der Waals surface area contributed by atoms with Gasteiger partial charge in [0, 0.05) is 19.3 Å². The van der Waals surface area contributed by atoms with Crippen LogP contribution in [0, 0.1) is 5.92 Å². The van der Waals surface area contributed by atoms with E-state index in [2.05, 4.69) is 41.4 Å². The monoisotopic (exact) mass is 208 g/mol. The summed E-state index contributed by atoms with van der Waals surface area (Å²) in [6.07, 6.45) is 2.87. The standard InChI is InChI=1S/C11H20N4/c1-4-6-12-10-5-7-13-11(15-10)14-8-9(2)3/h5,7,9H,4,6,8H2,1-3H3,(H2,12,13,14,15). The molecule has 0 atom stereocenters. The van der Waals surface area contributed by atoms with Crippen LogP contribution in [-0.2, 0) is 0 Å². The van der Waals surface area contributed by atoms with Crippen LogP contribution in [0.1, 0.15) is 27.2 Å². The number of anilines is 2. The molecule has 0 unspecified atom stereocenters. The first-order valence-electron chi connectivity index (χ1n) is 5.53. The zero-order chi connectivity index (χ0) is 11.1. The lowest BCUT2D eigenvalue weighted by molar-refractivity contribution is 0.684. The van der Waals surface area contributed by atoms with Gasteiger partial charge in [0.05, 0.1) is 0 Å². The van der Waals surface area contributed by atoms with Crippen molar-refractivity contribution in [1.82, 2.24) is 9.97 Å². The number of hydrogen-bond donors (Lipinski definition) is 2. The molecular weight excluding hydrogens is 188 g/mol. The van der Waals surface area contributed by atoms with Crippen LogP contribution < -0.4 is 10.6 Å². The fourth-order valence-electron chi connectivity index (χ4n) is 1.09. The normalized spacial score (nSPS) is 10.4. The summed E-state index contributed by atoms with van der Waals surface area (Å²) in [5.74, 6) is 2.18. The largest absolute Gasteiger partial charge is 0.370 e. The van der Waals surface area contributed by atoms with E-state index < -0.39 is 0 Å². The molecule has 0 fully saturated rings. The van der Waals surface area contributed by atoms with Gasteiger partial charge >= 0.3 is 0 Å². The number of rotatable bonds is 6. The van der Waals surface area contributed by atoms with Crippen LogP contribution in [-0.4, -0.2) is 23.1 Å². The molecule has 0 aliphatic carbocycles. The Morgan fingerprint density at radius 1 is 1.33 bits per heavy atom. The van der Waals surface area contributed by atoms with Crippen LogP contribution >= 0.6 is 0 Å². The van der Waals surface area contributed by atoms with Crippen molar-refractivity contribution in [1.29, 1.82) is 0 Å². The third-order valence-electron chi connectivity index (χ3n) is 1.88. The van der Waals surface area contributed by atoms with Crippen molar-refractivity contribution in [2.75, 3.05) is 23.7 Å². The smallest absolute Gasteiger partial charge is 0.224 e. The highest BCUT2D eigenvalue weighted by molar-refractivity contribution is 5.39. The van der Waals surface area contributed by atoms with E-state index in [-0.39, 0.29) is 0 Å². The third kappa shape index (κ3) is 4.63. The van der Waals surface area contributed by atoms with Crippen molar-refractivity contribution in [2.45, 2.75) is 27.2 Å². The van der Waals surface area contributed by atoms with Crippen LogP contribution in [0.3, 0.4) is 0 Å². The molecule has 0 radical (unpaired) electrons. The van der Waals surface area contributed by atoms with Gasteiger partial charge in [0.2, 0.25) is 5.95 Å². The zero-order valence-electron chi connectivity index (χ0n) is 9.75. The molecule has 1 rings (SSSR count). The van der Waals surface area contributed by atoms with Gasteiger partial charge in [-0.15, -0.1) is 0 Å². The quantitative estimate of drug-likeness (QED) is 0.753. The highest BCUT2D eigenvalue weighted by atomic mass is 15.1. The lowest BCUT2D eigenvalue weighted by Crippen LogP contribution is -2.11. The molecule has 1 aromatic heterocycles. The van der Waals surface area contributed by atoms with E-state index in [1.54, 1.807) is 6.20 Å². The summed E-state index contributed by atoms with van der Waals surface area (Å²) in [6.45, 7) is 8.29. The highest BCUT2D eigenvalue weighted by Gasteiger charge is 1.99. The van der Waals surface area contributed by atoms with E-state index in [1.165, 1.54) is 0 Å². The molecule has 84 valence electrons. The van der Waals surface area contributed by atoms with Gasteiger partial charge in [0.25, 0.3) is 0 Å². The Morgan fingerprint density at radius 2 is 2.13 bits per heavy atom. The van der Waals surface area contributed by atoms with Crippen LogP contribution in [0.25, 0.3) is 0 Å². The van der Waals surface area contributed by atoms with Gasteiger partial charge in [0.15, 0.2) is 0 Å². The summed E-state index contributed by atoms with van der Waals surface area (Å²) in [7, 11) is 0. The van der Waals surface area contributed by atoms with Gasteiger partial charge in [0.1, 0.15) is 5.82 Å². The molecule has 0 bridgehead atoms. The maximum atomic E-state index is 4.35. The number of nitrogens with zero attached hydrogens (tertiary/aromatic N) is 2. The van der Waals surface area contributed by atoms with Crippen molar-refractivity contribution in [3.63, 3.8) is 0 Å². The van der Waals surface area contributed by atoms with Crippen molar-refractivity contribution in [3.05, 3.63) is 12.3 Å². The van der Waals surface area contributed by atoms with Crippen molar-refractivity contribution >= 4 is 11.8 Å². The molecule has 0 spiro atoms. The minimum absolute atomic E-state index is 0.598. The Balaban J connectivity index is 2.50. The van der Waals surface area contributed by atoms with Gasteiger partial charge in [-0.1, -0.05) is 20.8 Å². The summed E-state index contributed by atoms with van der Waals surface area (Å²) >= 11 is 0. The molecule has 1 aromatic rings. The fraction of sp³-hybridized carbons (Fsp3) is 0.636. The lowest BCUT2D eigenvalue weighted by atomic mass is 10.2. The molecule has 0 aromatic carbocycles. The maximum Gasteiger partial charge on any atom is 0.224 e. The molecule has 1 heterocycles. The van der Waals surface area contributed by atoms with Crippen molar-refractivity contribution < 1.29 is 0 Å². The topological polar surface area (TPSA) is 49.8 Å². The minimum Gasteiger partial charge on any atom is -0.370 e. The Labute approximate surface area is 91.5 Å². The van der Waals surface area contributed by atoms with Crippen LogP contribution in [0.5, 0.6) is 0 Å². The maximum absolute atomic E-state index is 4.35. The Kier molecular flexibility index (Phi) is 4.87. The lowest BCUT2D eigenvalue weighted by Gasteiger charge is -2.08. The Hall–Kier alpha value is -1.32. The molecule has 0 saturated heterocycles. The third-order valence-corrected chi connectivity index (χ3v) is 1.88. The molecule has 0 amide bonds. The van der Waals surface area contributed by atoms with Gasteiger partial charge in [-0.3, -0.25) is 0 Å². The average molecular weight is 208 g/mol. The molecule has 0 saturated carbocycles. The van der Waals surface area contributed by atoms with E-state index in [4.69, 9.17) is 0 Å². The molecule has 2 N–H and O–H groups in total. The molecule has 4 heteroatoms. The molecule has 4 nitrogen and oxygen atoms in total. The summed E-state index contributed by atoms with van der Waals surface area (Å²) in [5.41, 5.74) is 0. The van der Waals surface area contributed by atoms with Gasteiger partial charge < -0.3 is 10.6 Å². The van der Waals surface area contributed by atoms with E-state index in [1.807, 2.05) is 6.07 Å². The first kappa shape index (κ1) is 11.8. The summed E-state index contributed by atoms with van der Waals surface area (Å²) in [5, 5.41) is 6.43. The van der Waals surface area contributed by atoms with E-state index in [0.29, 0.717) is 11.9 Å². The van der Waals surface area contributed by atoms with Crippen molar-refractivity contribution in [2.24, 2.45) is 5.92 Å². The molecule has 0 aliphatic heterocycles. The van der Waals surface area contributed by atoms with E-state index in [0.717, 1.165) is 25.3 Å². The second-order valence-corrected chi connectivity index (χ2v) is 3.97. The van der Waals surface area contributed by atoms with Crippen molar-refractivity contribution in [3.8, 4) is 0 Å². The van der Waals surface area contributed by atoms with Crippen LogP contribution in [0.15, 0.2) is 12.3 Å². The van der Waals surface area contributed by atoms with Gasteiger partial charge in [-0.05, 0) is 18.4 Å². The summed E-state index contributed by atoms with van der Waals surface area (Å²) in [6, 6.07) is 1.89. The fourth-order valence-corrected chi connectivity index (χ4v) is 1.09. The van der Waals surface area contributed by atoms with Crippen LogP contribution in [0.2, 0.25) is 0 Å². The van der Waals surface area contributed by atoms with E-state index >= 15 is 0 Å². The average Bonchev–Trinajstić information content (AvgIpc) is 2.24. The molecule has 0 aliphatic rings. The zero-order valence-corrected chi connectivity index (χ0v) is 9.75. The van der Waals surface area contributed by atoms with Gasteiger partial charge in [-0.25, -0.2) is 4.98 Å². The highest BCUT2D eigenvalue weighted by Crippen LogP contribution is 2.06. The summed E-state index contributed by atoms with van der Waals surface area (Å²) in [4.78, 5) is 8.51. The Bertz CT molecular complexity index is 286. The SMILES string of the molecule is CCCNc1ccnc(NCC(C)C)n1. The first-order valence-corrected chi connectivity index (χ1v) is 5.53. The number of aromatic nitrogens is 2. The second-order valence-electron chi connectivity index (χ2n) is 3.97. The minimum atomic E-state index is 0.598. The number of hydrogen-bond acceptors (Lipinski definition) is 4. The van der Waals surface area contributed by atoms with Gasteiger partial charge in [-0.2, -0.15) is 4.98 Å². The predicted octanol–water partition coefficient (Wildman–Crippen LogP) is 2.37. The molecular formula is C11H20N4. The predicted molar refractivity (Wildman–Crippen MR) is 64.1 cm³/mol. The first-order chi connectivity index (χ1) is 7.22. The number of nitrogens with one attached hydrogen (secondary N) is 2. The Morgan fingerprint density at radius 3 is 2.80 bits per heavy atom. The summed E-state index contributed by atoms with van der Waals surface area (Å²) < 4.78 is 0. The van der Waals surface area contributed by atoms with Crippen LogP contribution in [0.4, 0.5) is 11.8 Å². The second kappa shape index (κ2) is 6.22. The van der Waals surface area contributed by atoms with E-state index in [9.17, 15) is 0 Å². The molecule has 15 heavy (non-hydrogen) atoms.